The first-order valence-corrected chi connectivity index (χ1v) is 7.98. The van der Waals surface area contributed by atoms with Crippen LogP contribution in [0.15, 0.2) is 23.1 Å². The van der Waals surface area contributed by atoms with E-state index in [1.54, 1.807) is 0 Å². The summed E-state index contributed by atoms with van der Waals surface area (Å²) >= 11 is 0. The van der Waals surface area contributed by atoms with Crippen LogP contribution < -0.4 is 5.32 Å². The topological polar surface area (TPSA) is 110 Å². The van der Waals surface area contributed by atoms with Crippen LogP contribution in [0, 0.1) is 16.0 Å². The molecule has 2 N–H and O–H groups in total. The van der Waals surface area contributed by atoms with Crippen LogP contribution in [0.3, 0.4) is 0 Å². The number of anilines is 1. The Balaban J connectivity index is 3.00. The molecule has 1 aromatic rings. The number of aliphatic hydroxyl groups excluding tert-OH is 1. The molecule has 1 rings (SSSR count). The minimum Gasteiger partial charge on any atom is -0.396 e. The van der Waals surface area contributed by atoms with Crippen LogP contribution in [-0.2, 0) is 9.84 Å². The summed E-state index contributed by atoms with van der Waals surface area (Å²) in [6, 6.07) is 3.77. The van der Waals surface area contributed by atoms with Gasteiger partial charge < -0.3 is 10.4 Å². The van der Waals surface area contributed by atoms with Crippen molar-refractivity contribution in [3.8, 4) is 0 Å². The number of nitrogens with one attached hydrogen (secondary N) is 1. The zero-order chi connectivity index (χ0) is 15.3. The highest BCUT2D eigenvalue weighted by molar-refractivity contribution is 7.90. The zero-order valence-electron chi connectivity index (χ0n) is 11.4. The molecular weight excluding hydrogens is 284 g/mol. The van der Waals surface area contributed by atoms with Crippen molar-refractivity contribution in [2.24, 2.45) is 5.92 Å². The largest absolute Gasteiger partial charge is 0.396 e. The normalized spacial score (nSPS) is 12.9. The van der Waals surface area contributed by atoms with Gasteiger partial charge in [0.15, 0.2) is 9.84 Å². The molecule has 0 heterocycles. The average molecular weight is 302 g/mol. The molecule has 1 unspecified atom stereocenters. The second-order valence-corrected chi connectivity index (χ2v) is 6.72. The minimum atomic E-state index is -3.48. The smallest absolute Gasteiger partial charge is 0.293 e. The van der Waals surface area contributed by atoms with Gasteiger partial charge in [-0.15, -0.1) is 0 Å². The molecule has 0 aliphatic rings. The Morgan fingerprint density at radius 3 is 2.60 bits per heavy atom. The van der Waals surface area contributed by atoms with Gasteiger partial charge in [0.1, 0.15) is 5.69 Å². The number of hydrogen-bond acceptors (Lipinski definition) is 6. The lowest BCUT2D eigenvalue weighted by atomic mass is 10.1. The standard InChI is InChI=1S/C12H18N2O5S/c1-9(5-6-15)8-13-11-4-3-10(20(2,18)19)7-12(11)14(16)17/h3-4,7,9,13,15H,5-6,8H2,1-2H3. The van der Waals surface area contributed by atoms with E-state index in [-0.39, 0.29) is 28.8 Å². The Bertz CT molecular complexity index is 586. The van der Waals surface area contributed by atoms with Crippen LogP contribution in [0.25, 0.3) is 0 Å². The van der Waals surface area contributed by atoms with Crippen LogP contribution in [0.4, 0.5) is 11.4 Å². The first-order chi connectivity index (χ1) is 9.25. The average Bonchev–Trinajstić information content (AvgIpc) is 2.35. The summed E-state index contributed by atoms with van der Waals surface area (Å²) in [7, 11) is -3.48. The second kappa shape index (κ2) is 6.67. The number of nitro benzene ring substituents is 1. The van der Waals surface area contributed by atoms with Gasteiger partial charge in [-0.1, -0.05) is 6.92 Å². The molecule has 0 saturated heterocycles. The number of aliphatic hydroxyl groups is 1. The Morgan fingerprint density at radius 2 is 2.10 bits per heavy atom. The second-order valence-electron chi connectivity index (χ2n) is 4.71. The van der Waals surface area contributed by atoms with Crippen LogP contribution in [-0.4, -0.2) is 37.9 Å². The predicted octanol–water partition coefficient (Wildman–Crippen LogP) is 1.43. The molecule has 0 bridgehead atoms. The van der Waals surface area contributed by atoms with Gasteiger partial charge in [-0.05, 0) is 24.5 Å². The van der Waals surface area contributed by atoms with Gasteiger partial charge in [-0.3, -0.25) is 10.1 Å². The van der Waals surface area contributed by atoms with Crippen molar-refractivity contribution in [3.05, 3.63) is 28.3 Å². The van der Waals surface area contributed by atoms with Crippen molar-refractivity contribution in [3.63, 3.8) is 0 Å². The summed E-state index contributed by atoms with van der Waals surface area (Å²) in [6.07, 6.45) is 1.59. The first-order valence-electron chi connectivity index (χ1n) is 6.09. The van der Waals surface area contributed by atoms with E-state index in [1.807, 2.05) is 6.92 Å². The third kappa shape index (κ3) is 4.46. The molecule has 20 heavy (non-hydrogen) atoms. The fourth-order valence-electron chi connectivity index (χ4n) is 1.65. The van der Waals surface area contributed by atoms with E-state index in [2.05, 4.69) is 5.32 Å². The maximum atomic E-state index is 11.4. The van der Waals surface area contributed by atoms with Crippen molar-refractivity contribution < 1.29 is 18.4 Å². The molecule has 0 aromatic heterocycles. The molecule has 8 heteroatoms. The lowest BCUT2D eigenvalue weighted by Gasteiger charge is -2.12. The van der Waals surface area contributed by atoms with Crippen molar-refractivity contribution in [1.82, 2.24) is 0 Å². The van der Waals surface area contributed by atoms with E-state index in [0.717, 1.165) is 12.3 Å². The van der Waals surface area contributed by atoms with Crippen LogP contribution in [0.5, 0.6) is 0 Å². The Labute approximate surface area is 117 Å². The van der Waals surface area contributed by atoms with E-state index in [9.17, 15) is 18.5 Å². The van der Waals surface area contributed by atoms with Gasteiger partial charge >= 0.3 is 0 Å². The molecule has 1 atom stereocenters. The number of rotatable bonds is 7. The molecule has 0 spiro atoms. The first kappa shape index (κ1) is 16.4. The van der Waals surface area contributed by atoms with E-state index in [4.69, 9.17) is 5.11 Å². The summed E-state index contributed by atoms with van der Waals surface area (Å²) in [5.41, 5.74) is -0.00341. The molecule has 0 aliphatic heterocycles. The molecular formula is C12H18N2O5S. The fourth-order valence-corrected chi connectivity index (χ4v) is 2.29. The third-order valence-corrected chi connectivity index (χ3v) is 3.97. The van der Waals surface area contributed by atoms with Crippen molar-refractivity contribution in [2.75, 3.05) is 24.7 Å². The summed E-state index contributed by atoms with van der Waals surface area (Å²) in [5, 5.41) is 22.7. The highest BCUT2D eigenvalue weighted by Gasteiger charge is 2.18. The monoisotopic (exact) mass is 302 g/mol. The molecule has 7 nitrogen and oxygen atoms in total. The highest BCUT2D eigenvalue weighted by atomic mass is 32.2. The van der Waals surface area contributed by atoms with Gasteiger partial charge in [0.2, 0.25) is 0 Å². The van der Waals surface area contributed by atoms with E-state index in [1.165, 1.54) is 12.1 Å². The number of hydrogen-bond donors (Lipinski definition) is 2. The quantitative estimate of drug-likeness (QED) is 0.582. The maximum Gasteiger partial charge on any atom is 0.293 e. The van der Waals surface area contributed by atoms with Crippen LogP contribution in [0.2, 0.25) is 0 Å². The number of sulfone groups is 1. The van der Waals surface area contributed by atoms with Crippen molar-refractivity contribution >= 4 is 21.2 Å². The predicted molar refractivity (Wildman–Crippen MR) is 75.6 cm³/mol. The third-order valence-electron chi connectivity index (χ3n) is 2.86. The summed E-state index contributed by atoms with van der Waals surface area (Å²) in [4.78, 5) is 10.3. The van der Waals surface area contributed by atoms with Gasteiger partial charge in [0, 0.05) is 25.5 Å². The zero-order valence-corrected chi connectivity index (χ0v) is 12.2. The van der Waals surface area contributed by atoms with Gasteiger partial charge in [-0.2, -0.15) is 0 Å². The molecule has 112 valence electrons. The van der Waals surface area contributed by atoms with E-state index in [0.29, 0.717) is 13.0 Å². The van der Waals surface area contributed by atoms with Crippen molar-refractivity contribution in [1.29, 1.82) is 0 Å². The molecule has 0 saturated carbocycles. The Morgan fingerprint density at radius 1 is 1.45 bits per heavy atom. The molecule has 0 amide bonds. The molecule has 1 aromatic carbocycles. The van der Waals surface area contributed by atoms with Crippen LogP contribution in [0.1, 0.15) is 13.3 Å². The van der Waals surface area contributed by atoms with E-state index >= 15 is 0 Å². The van der Waals surface area contributed by atoms with E-state index < -0.39 is 14.8 Å². The van der Waals surface area contributed by atoms with Gasteiger partial charge in [0.05, 0.1) is 9.82 Å². The number of benzene rings is 1. The number of nitro groups is 1. The molecule has 0 aliphatic carbocycles. The summed E-state index contributed by atoms with van der Waals surface area (Å²) in [6.45, 7) is 2.41. The molecule has 0 radical (unpaired) electrons. The SMILES string of the molecule is CC(CCO)CNc1ccc(S(C)(=O)=O)cc1[N+](=O)[O-]. The minimum absolute atomic E-state index is 0.0535. The Hall–Kier alpha value is -1.67. The molecule has 0 fully saturated rings. The fraction of sp³-hybridized carbons (Fsp3) is 0.500. The highest BCUT2D eigenvalue weighted by Crippen LogP contribution is 2.27. The summed E-state index contributed by atoms with van der Waals surface area (Å²) < 4.78 is 22.8. The Kier molecular flexibility index (Phi) is 5.46. The van der Waals surface area contributed by atoms with Crippen molar-refractivity contribution in [2.45, 2.75) is 18.2 Å². The van der Waals surface area contributed by atoms with Gasteiger partial charge in [-0.25, -0.2) is 8.42 Å². The van der Waals surface area contributed by atoms with Crippen LogP contribution >= 0.6 is 0 Å². The van der Waals surface area contributed by atoms with Gasteiger partial charge in [0.25, 0.3) is 5.69 Å². The maximum absolute atomic E-state index is 11.4. The summed E-state index contributed by atoms with van der Waals surface area (Å²) in [5.74, 6) is 0.147. The lowest BCUT2D eigenvalue weighted by Crippen LogP contribution is -2.13. The number of nitrogens with zero attached hydrogens (tertiary/aromatic N) is 1. The lowest BCUT2D eigenvalue weighted by molar-refractivity contribution is -0.384.